The Morgan fingerprint density at radius 3 is 2.86 bits per heavy atom. The molecule has 1 unspecified atom stereocenters. The van der Waals surface area contributed by atoms with Crippen molar-refractivity contribution >= 4 is 28.9 Å². The molecule has 3 N–H and O–H groups in total. The molecule has 1 aliphatic rings. The van der Waals surface area contributed by atoms with Crippen LogP contribution in [0.25, 0.3) is 0 Å². The van der Waals surface area contributed by atoms with Crippen molar-refractivity contribution in [3.63, 3.8) is 0 Å². The summed E-state index contributed by atoms with van der Waals surface area (Å²) in [5, 5.41) is 1.06. The summed E-state index contributed by atoms with van der Waals surface area (Å²) in [6, 6.07) is 1.63. The molecule has 0 radical (unpaired) electrons. The first kappa shape index (κ1) is 9.90. The lowest BCUT2D eigenvalue weighted by Crippen LogP contribution is -2.10. The van der Waals surface area contributed by atoms with Gasteiger partial charge in [-0.15, -0.1) is 0 Å². The largest absolute Gasteiger partial charge is 0.488 e. The van der Waals surface area contributed by atoms with E-state index in [4.69, 9.17) is 33.8 Å². The summed E-state index contributed by atoms with van der Waals surface area (Å²) >= 11 is 12.0. The number of hydrogen-bond acceptors (Lipinski definition) is 3. The van der Waals surface area contributed by atoms with Crippen LogP contribution in [0.5, 0.6) is 5.75 Å². The first-order chi connectivity index (χ1) is 6.63. The topological polar surface area (TPSA) is 47.3 Å². The molecule has 5 heteroatoms. The Morgan fingerprint density at radius 1 is 1.50 bits per heavy atom. The molecule has 2 rings (SSSR count). The van der Waals surface area contributed by atoms with Gasteiger partial charge in [0.25, 0.3) is 0 Å². The van der Waals surface area contributed by atoms with E-state index in [1.165, 1.54) is 0 Å². The number of ether oxygens (including phenoxy) is 1. The molecule has 76 valence electrons. The molecular weight excluding hydrogens is 223 g/mol. The van der Waals surface area contributed by atoms with E-state index < -0.39 is 0 Å². The van der Waals surface area contributed by atoms with Crippen LogP contribution < -0.4 is 16.0 Å². The minimum atomic E-state index is 0.119. The van der Waals surface area contributed by atoms with E-state index in [1.807, 2.05) is 6.92 Å². The van der Waals surface area contributed by atoms with Gasteiger partial charge in [0.1, 0.15) is 11.9 Å². The molecule has 1 aromatic carbocycles. The van der Waals surface area contributed by atoms with Gasteiger partial charge in [0.05, 0.1) is 15.7 Å². The van der Waals surface area contributed by atoms with Crippen molar-refractivity contribution < 1.29 is 4.74 Å². The maximum atomic E-state index is 5.99. The van der Waals surface area contributed by atoms with Crippen LogP contribution in [0.2, 0.25) is 10.0 Å². The molecule has 0 bridgehead atoms. The summed E-state index contributed by atoms with van der Waals surface area (Å²) in [5.41, 5.74) is 4.23. The third-order valence-corrected chi connectivity index (χ3v) is 2.82. The first-order valence-corrected chi connectivity index (χ1v) is 5.03. The van der Waals surface area contributed by atoms with Crippen LogP contribution >= 0.6 is 23.2 Å². The van der Waals surface area contributed by atoms with Crippen molar-refractivity contribution in [1.29, 1.82) is 0 Å². The maximum absolute atomic E-state index is 5.99. The van der Waals surface area contributed by atoms with Gasteiger partial charge in [-0.25, -0.2) is 0 Å². The minimum Gasteiger partial charge on any atom is -0.488 e. The van der Waals surface area contributed by atoms with Crippen molar-refractivity contribution in [2.75, 3.05) is 5.43 Å². The summed E-state index contributed by atoms with van der Waals surface area (Å²) in [5.74, 6) is 6.08. The zero-order valence-corrected chi connectivity index (χ0v) is 9.12. The lowest BCUT2D eigenvalue weighted by Gasteiger charge is -2.09. The number of benzene rings is 1. The van der Waals surface area contributed by atoms with Crippen LogP contribution in [0.15, 0.2) is 6.07 Å². The number of halogens is 2. The Labute approximate surface area is 92.1 Å². The molecule has 0 saturated heterocycles. The molecule has 0 saturated carbocycles. The zero-order chi connectivity index (χ0) is 10.3. The van der Waals surface area contributed by atoms with Crippen molar-refractivity contribution in [3.8, 4) is 5.75 Å². The normalized spacial score (nSPS) is 19.0. The summed E-state index contributed by atoms with van der Waals surface area (Å²) in [6.45, 7) is 1.98. The average molecular weight is 233 g/mol. The van der Waals surface area contributed by atoms with Crippen molar-refractivity contribution in [2.24, 2.45) is 5.84 Å². The maximum Gasteiger partial charge on any atom is 0.143 e. The molecule has 0 spiro atoms. The average Bonchev–Trinajstić information content (AvgIpc) is 2.48. The van der Waals surface area contributed by atoms with Crippen LogP contribution in [0.1, 0.15) is 12.5 Å². The Bertz CT molecular complexity index is 382. The number of rotatable bonds is 1. The Hall–Kier alpha value is -0.640. The van der Waals surface area contributed by atoms with Crippen molar-refractivity contribution in [1.82, 2.24) is 0 Å². The number of hydrazine groups is 1. The van der Waals surface area contributed by atoms with Gasteiger partial charge in [-0.2, -0.15) is 0 Å². The van der Waals surface area contributed by atoms with E-state index in [9.17, 15) is 0 Å². The number of hydrogen-bond donors (Lipinski definition) is 2. The first-order valence-electron chi connectivity index (χ1n) is 4.27. The molecule has 3 nitrogen and oxygen atoms in total. The lowest BCUT2D eigenvalue weighted by atomic mass is 10.1. The molecule has 1 atom stereocenters. The molecular formula is C9H10Cl2N2O. The van der Waals surface area contributed by atoms with Crippen LogP contribution in [0.3, 0.4) is 0 Å². The number of nitrogens with one attached hydrogen (secondary N) is 1. The van der Waals surface area contributed by atoms with Crippen LogP contribution in [0, 0.1) is 0 Å². The number of fused-ring (bicyclic) bond motifs is 1. The van der Waals surface area contributed by atoms with E-state index >= 15 is 0 Å². The molecule has 14 heavy (non-hydrogen) atoms. The molecule has 0 fully saturated rings. The summed E-state index contributed by atoms with van der Waals surface area (Å²) < 4.78 is 5.55. The highest BCUT2D eigenvalue weighted by atomic mass is 35.5. The minimum absolute atomic E-state index is 0.119. The second-order valence-electron chi connectivity index (χ2n) is 3.30. The van der Waals surface area contributed by atoms with Gasteiger partial charge in [-0.05, 0) is 13.0 Å². The third-order valence-electron chi connectivity index (χ3n) is 2.24. The molecule has 1 heterocycles. The van der Waals surface area contributed by atoms with Gasteiger partial charge in [0, 0.05) is 12.0 Å². The zero-order valence-electron chi connectivity index (χ0n) is 7.60. The van der Waals surface area contributed by atoms with Crippen LogP contribution in [-0.2, 0) is 6.42 Å². The predicted octanol–water partition coefficient (Wildman–Crippen LogP) is 2.60. The van der Waals surface area contributed by atoms with Crippen LogP contribution in [-0.4, -0.2) is 6.10 Å². The fourth-order valence-corrected chi connectivity index (χ4v) is 2.26. The van der Waals surface area contributed by atoms with E-state index in [0.717, 1.165) is 12.0 Å². The van der Waals surface area contributed by atoms with E-state index in [1.54, 1.807) is 6.07 Å². The number of nitrogen functional groups attached to an aromatic ring is 1. The molecule has 0 aliphatic carbocycles. The fraction of sp³-hybridized carbons (Fsp3) is 0.333. The Morgan fingerprint density at radius 2 is 2.21 bits per heavy atom. The highest BCUT2D eigenvalue weighted by Crippen LogP contribution is 2.43. The molecule has 1 aliphatic heterocycles. The molecule has 0 aromatic heterocycles. The second kappa shape index (κ2) is 3.50. The van der Waals surface area contributed by atoms with Gasteiger partial charge >= 0.3 is 0 Å². The van der Waals surface area contributed by atoms with Gasteiger partial charge in [0.2, 0.25) is 0 Å². The Kier molecular flexibility index (Phi) is 2.47. The van der Waals surface area contributed by atoms with Crippen LogP contribution in [0.4, 0.5) is 5.69 Å². The summed E-state index contributed by atoms with van der Waals surface area (Å²) in [7, 11) is 0. The highest BCUT2D eigenvalue weighted by Gasteiger charge is 2.26. The number of anilines is 1. The second-order valence-corrected chi connectivity index (χ2v) is 4.11. The van der Waals surface area contributed by atoms with E-state index in [-0.39, 0.29) is 6.10 Å². The smallest absolute Gasteiger partial charge is 0.143 e. The molecule has 0 amide bonds. The van der Waals surface area contributed by atoms with Gasteiger partial charge in [0.15, 0.2) is 0 Å². The SMILES string of the molecule is CC1Cc2c(NN)c(Cl)cc(Cl)c2O1. The predicted molar refractivity (Wildman–Crippen MR) is 58.1 cm³/mol. The molecule has 1 aromatic rings. The quantitative estimate of drug-likeness (QED) is 0.579. The van der Waals surface area contributed by atoms with Crippen molar-refractivity contribution in [2.45, 2.75) is 19.4 Å². The monoisotopic (exact) mass is 232 g/mol. The third kappa shape index (κ3) is 1.41. The summed E-state index contributed by atoms with van der Waals surface area (Å²) in [4.78, 5) is 0. The fourth-order valence-electron chi connectivity index (χ4n) is 1.66. The van der Waals surface area contributed by atoms with Gasteiger partial charge < -0.3 is 10.2 Å². The van der Waals surface area contributed by atoms with Crippen molar-refractivity contribution in [3.05, 3.63) is 21.7 Å². The van der Waals surface area contributed by atoms with E-state index in [0.29, 0.717) is 21.5 Å². The van der Waals surface area contributed by atoms with E-state index in [2.05, 4.69) is 5.43 Å². The summed E-state index contributed by atoms with van der Waals surface area (Å²) in [6.07, 6.45) is 0.892. The highest BCUT2D eigenvalue weighted by molar-refractivity contribution is 6.37. The van der Waals surface area contributed by atoms with Gasteiger partial charge in [-0.1, -0.05) is 23.2 Å². The number of nitrogens with two attached hydrogens (primary N) is 1. The Balaban J connectivity index is 2.60. The van der Waals surface area contributed by atoms with Gasteiger partial charge in [-0.3, -0.25) is 5.84 Å². The standard InChI is InChI=1S/C9H10Cl2N2O/c1-4-2-5-8(13-12)6(10)3-7(11)9(5)14-4/h3-4,13H,2,12H2,1H3. The lowest BCUT2D eigenvalue weighted by molar-refractivity contribution is 0.255.